The Bertz CT molecular complexity index is 2120. The number of hydrogen-bond donors (Lipinski definition) is 1. The average Bonchev–Trinajstić information content (AvgIpc) is 3.41. The number of fused-ring (bicyclic) bond motifs is 9. The Morgan fingerprint density at radius 1 is 0.467 bits per heavy atom. The molecule has 0 heterocycles. The van der Waals surface area contributed by atoms with Crippen molar-refractivity contribution in [2.45, 2.75) is 23.7 Å². The van der Waals surface area contributed by atoms with E-state index in [1.54, 1.807) is 0 Å². The summed E-state index contributed by atoms with van der Waals surface area (Å²) in [5, 5.41) is 0. The second kappa shape index (κ2) is 9.81. The Morgan fingerprint density at radius 2 is 1.02 bits per heavy atom. The smallest absolute Gasteiger partial charge is 0.0720 e. The molecule has 9 rings (SSSR count). The van der Waals surface area contributed by atoms with Gasteiger partial charge in [-0.15, -0.1) is 0 Å². The number of rotatable bonds is 3. The highest BCUT2D eigenvalue weighted by molar-refractivity contribution is 5.97. The molecule has 3 aliphatic carbocycles. The summed E-state index contributed by atoms with van der Waals surface area (Å²) in [7, 11) is 0. The van der Waals surface area contributed by atoms with Gasteiger partial charge in [-0.2, -0.15) is 0 Å². The molecule has 1 nitrogen and oxygen atoms in total. The van der Waals surface area contributed by atoms with Crippen molar-refractivity contribution < 1.29 is 0 Å². The maximum Gasteiger partial charge on any atom is 0.0720 e. The summed E-state index contributed by atoms with van der Waals surface area (Å²) in [6, 6.07) is 54.1. The van der Waals surface area contributed by atoms with Crippen LogP contribution in [0.15, 0.2) is 169 Å². The number of nitrogens with two attached hydrogens (primary N) is 1. The fourth-order valence-corrected chi connectivity index (χ4v) is 8.82. The third-order valence-corrected chi connectivity index (χ3v) is 10.5. The van der Waals surface area contributed by atoms with Crippen LogP contribution in [0.4, 0.5) is 5.69 Å². The van der Waals surface area contributed by atoms with Gasteiger partial charge in [0.2, 0.25) is 0 Å². The first-order valence-corrected chi connectivity index (χ1v) is 16.0. The van der Waals surface area contributed by atoms with Crippen LogP contribution in [-0.4, -0.2) is 0 Å². The SMILES string of the molecule is Nc1ccc(-c2cccc3c2-c2ccccc2C32c3ccccc3C(C3=CC=CCC3)(c3ccccc3)c3ccccc32)cc1. The van der Waals surface area contributed by atoms with Crippen LogP contribution in [0.5, 0.6) is 0 Å². The monoisotopic (exact) mass is 575 g/mol. The zero-order valence-electron chi connectivity index (χ0n) is 25.1. The van der Waals surface area contributed by atoms with Crippen molar-refractivity contribution in [1.82, 2.24) is 0 Å². The number of allylic oxidation sites excluding steroid dienone is 4. The Labute approximate surface area is 265 Å². The van der Waals surface area contributed by atoms with Gasteiger partial charge in [-0.25, -0.2) is 0 Å². The standard InChI is InChI=1S/C44H33N/c45-33-28-26-30(27-29-33)34-19-13-25-41-42(34)35-18-7-8-20-36(35)44(41)39-23-11-9-21-37(39)43(31-14-3-1-4-15-31,32-16-5-2-6-17-32)38-22-10-12-24-40(38)44/h1-5,7-16,18-29H,6,17,45H2. The second-order valence-corrected chi connectivity index (χ2v) is 12.5. The van der Waals surface area contributed by atoms with E-state index >= 15 is 0 Å². The summed E-state index contributed by atoms with van der Waals surface area (Å²) in [5.41, 5.74) is 22.0. The van der Waals surface area contributed by atoms with Gasteiger partial charge in [-0.1, -0.05) is 157 Å². The molecule has 6 aromatic carbocycles. The zero-order valence-corrected chi connectivity index (χ0v) is 25.1. The minimum absolute atomic E-state index is 0.406. The van der Waals surface area contributed by atoms with Crippen molar-refractivity contribution in [3.05, 3.63) is 208 Å². The minimum Gasteiger partial charge on any atom is -0.399 e. The highest BCUT2D eigenvalue weighted by Crippen LogP contribution is 2.65. The van der Waals surface area contributed by atoms with Gasteiger partial charge in [0.15, 0.2) is 0 Å². The Kier molecular flexibility index (Phi) is 5.67. The van der Waals surface area contributed by atoms with Crippen LogP contribution >= 0.6 is 0 Å². The number of benzene rings is 6. The first-order chi connectivity index (χ1) is 22.3. The molecule has 0 unspecified atom stereocenters. The van der Waals surface area contributed by atoms with Gasteiger partial charge in [0.25, 0.3) is 0 Å². The topological polar surface area (TPSA) is 26.0 Å². The first kappa shape index (κ1) is 26.0. The normalized spacial score (nSPS) is 20.6. The van der Waals surface area contributed by atoms with Gasteiger partial charge < -0.3 is 5.73 Å². The highest BCUT2D eigenvalue weighted by Gasteiger charge is 2.57. The third kappa shape index (κ3) is 3.38. The van der Waals surface area contributed by atoms with Crippen LogP contribution < -0.4 is 5.73 Å². The second-order valence-electron chi connectivity index (χ2n) is 12.5. The molecule has 45 heavy (non-hydrogen) atoms. The van der Waals surface area contributed by atoms with Crippen LogP contribution in [0.25, 0.3) is 22.3 Å². The fourth-order valence-electron chi connectivity index (χ4n) is 8.82. The van der Waals surface area contributed by atoms with E-state index in [9.17, 15) is 0 Å². The zero-order chi connectivity index (χ0) is 30.0. The lowest BCUT2D eigenvalue weighted by molar-refractivity contribution is 0.595. The average molecular weight is 576 g/mol. The lowest BCUT2D eigenvalue weighted by atomic mass is 9.50. The summed E-state index contributed by atoms with van der Waals surface area (Å²) < 4.78 is 0. The quantitative estimate of drug-likeness (QED) is 0.208. The van der Waals surface area contributed by atoms with Crippen molar-refractivity contribution in [1.29, 1.82) is 0 Å². The van der Waals surface area contributed by atoms with Gasteiger partial charge in [-0.3, -0.25) is 0 Å². The van der Waals surface area contributed by atoms with E-state index in [2.05, 4.69) is 152 Å². The molecular formula is C44H33N. The largest absolute Gasteiger partial charge is 0.399 e. The molecule has 1 heteroatoms. The molecule has 0 saturated carbocycles. The van der Waals surface area contributed by atoms with Gasteiger partial charge in [0.05, 0.1) is 10.8 Å². The Morgan fingerprint density at radius 3 is 1.67 bits per heavy atom. The van der Waals surface area contributed by atoms with E-state index in [1.807, 2.05) is 12.1 Å². The highest BCUT2D eigenvalue weighted by atomic mass is 14.6. The molecule has 0 aliphatic heterocycles. The van der Waals surface area contributed by atoms with E-state index in [1.165, 1.54) is 66.8 Å². The molecule has 0 radical (unpaired) electrons. The number of hydrogen-bond acceptors (Lipinski definition) is 1. The molecule has 6 aromatic rings. The number of anilines is 1. The van der Waals surface area contributed by atoms with E-state index < -0.39 is 10.8 Å². The Hall–Kier alpha value is -5.40. The van der Waals surface area contributed by atoms with Crippen molar-refractivity contribution in [2.24, 2.45) is 0 Å². The molecular weight excluding hydrogens is 542 g/mol. The third-order valence-electron chi connectivity index (χ3n) is 10.5. The fraction of sp³-hybridized carbons (Fsp3) is 0.0909. The lowest BCUT2D eigenvalue weighted by Gasteiger charge is -2.51. The van der Waals surface area contributed by atoms with Crippen LogP contribution in [0, 0.1) is 0 Å². The van der Waals surface area contributed by atoms with E-state index in [-0.39, 0.29) is 0 Å². The molecule has 0 fully saturated rings. The molecule has 0 amide bonds. The lowest BCUT2D eigenvalue weighted by Crippen LogP contribution is -2.45. The van der Waals surface area contributed by atoms with E-state index in [0.717, 1.165) is 18.5 Å². The van der Waals surface area contributed by atoms with Crippen molar-refractivity contribution in [3.63, 3.8) is 0 Å². The molecule has 0 saturated heterocycles. The first-order valence-electron chi connectivity index (χ1n) is 16.0. The molecule has 2 N–H and O–H groups in total. The Balaban J connectivity index is 1.46. The van der Waals surface area contributed by atoms with E-state index in [4.69, 9.17) is 5.73 Å². The summed E-state index contributed by atoms with van der Waals surface area (Å²) in [5.74, 6) is 0. The molecule has 3 aliphatic rings. The number of nitrogen functional groups attached to an aromatic ring is 1. The summed E-state index contributed by atoms with van der Waals surface area (Å²) >= 11 is 0. The molecule has 1 spiro atoms. The molecule has 0 aromatic heterocycles. The van der Waals surface area contributed by atoms with E-state index in [0.29, 0.717) is 0 Å². The van der Waals surface area contributed by atoms with Gasteiger partial charge in [-0.05, 0) is 86.2 Å². The minimum atomic E-state index is -0.466. The summed E-state index contributed by atoms with van der Waals surface area (Å²) in [4.78, 5) is 0. The van der Waals surface area contributed by atoms with Gasteiger partial charge >= 0.3 is 0 Å². The molecule has 0 atom stereocenters. The molecule has 0 bridgehead atoms. The predicted octanol–water partition coefficient (Wildman–Crippen LogP) is 10.2. The maximum absolute atomic E-state index is 6.14. The molecule has 214 valence electrons. The summed E-state index contributed by atoms with van der Waals surface area (Å²) in [6.45, 7) is 0. The van der Waals surface area contributed by atoms with Crippen LogP contribution in [-0.2, 0) is 10.8 Å². The van der Waals surface area contributed by atoms with Crippen molar-refractivity contribution in [2.75, 3.05) is 5.73 Å². The van der Waals surface area contributed by atoms with Crippen molar-refractivity contribution >= 4 is 5.69 Å². The maximum atomic E-state index is 6.14. The predicted molar refractivity (Wildman–Crippen MR) is 186 cm³/mol. The van der Waals surface area contributed by atoms with Crippen LogP contribution in [0.2, 0.25) is 0 Å². The van der Waals surface area contributed by atoms with Crippen LogP contribution in [0.1, 0.15) is 51.8 Å². The summed E-state index contributed by atoms with van der Waals surface area (Å²) in [6.07, 6.45) is 9.02. The van der Waals surface area contributed by atoms with Crippen molar-refractivity contribution in [3.8, 4) is 22.3 Å². The van der Waals surface area contributed by atoms with Gasteiger partial charge in [0, 0.05) is 5.69 Å². The van der Waals surface area contributed by atoms with Crippen LogP contribution in [0.3, 0.4) is 0 Å². The van der Waals surface area contributed by atoms with Gasteiger partial charge in [0.1, 0.15) is 0 Å².